The highest BCUT2D eigenvalue weighted by Gasteiger charge is 1.99. The van der Waals surface area contributed by atoms with E-state index in [4.69, 9.17) is 5.73 Å². The fraction of sp³-hybridized carbons (Fsp3) is 0.500. The summed E-state index contributed by atoms with van der Waals surface area (Å²) >= 11 is 2.23. The van der Waals surface area contributed by atoms with Gasteiger partial charge in [0.05, 0.1) is 0 Å². The van der Waals surface area contributed by atoms with Gasteiger partial charge in [0.2, 0.25) is 0 Å². The van der Waals surface area contributed by atoms with Crippen LogP contribution in [0.2, 0.25) is 0 Å². The number of halogens is 1. The fourth-order valence-corrected chi connectivity index (χ4v) is 1.45. The summed E-state index contributed by atoms with van der Waals surface area (Å²) in [5, 5.41) is 4.09. The molecule has 0 aromatic carbocycles. The van der Waals surface area contributed by atoms with E-state index in [0.717, 1.165) is 16.7 Å². The van der Waals surface area contributed by atoms with E-state index in [-0.39, 0.29) is 0 Å². The van der Waals surface area contributed by atoms with E-state index in [1.165, 1.54) is 0 Å². The largest absolute Gasteiger partial charge is 0.382 e. The van der Waals surface area contributed by atoms with Crippen LogP contribution in [0, 0.1) is 3.70 Å². The van der Waals surface area contributed by atoms with Crippen molar-refractivity contribution < 1.29 is 0 Å². The molecule has 1 aromatic heterocycles. The van der Waals surface area contributed by atoms with Crippen molar-refractivity contribution in [1.82, 2.24) is 9.78 Å². The molecule has 0 unspecified atom stereocenters. The first-order chi connectivity index (χ1) is 4.74. The number of anilines is 1. The molecule has 0 aliphatic rings. The molecule has 56 valence electrons. The van der Waals surface area contributed by atoms with Crippen LogP contribution in [0.5, 0.6) is 0 Å². The van der Waals surface area contributed by atoms with Crippen LogP contribution in [0.1, 0.15) is 13.3 Å². The van der Waals surface area contributed by atoms with Crippen molar-refractivity contribution in [3.63, 3.8) is 0 Å². The van der Waals surface area contributed by atoms with Crippen LogP contribution >= 0.6 is 22.6 Å². The Balaban J connectivity index is 2.81. The van der Waals surface area contributed by atoms with Crippen molar-refractivity contribution in [2.75, 3.05) is 5.73 Å². The van der Waals surface area contributed by atoms with Gasteiger partial charge in [-0.1, -0.05) is 6.92 Å². The first-order valence-corrected chi connectivity index (χ1v) is 4.30. The molecule has 0 radical (unpaired) electrons. The van der Waals surface area contributed by atoms with Crippen LogP contribution in [0.3, 0.4) is 0 Å². The monoisotopic (exact) mass is 251 g/mol. The average molecular weight is 251 g/mol. The molecule has 0 saturated carbocycles. The van der Waals surface area contributed by atoms with Crippen LogP contribution in [-0.2, 0) is 6.54 Å². The number of hydrogen-bond acceptors (Lipinski definition) is 2. The summed E-state index contributed by atoms with van der Waals surface area (Å²) in [6, 6.07) is 1.87. The van der Waals surface area contributed by atoms with Crippen molar-refractivity contribution in [3.05, 3.63) is 9.77 Å². The molecule has 4 heteroatoms. The van der Waals surface area contributed by atoms with E-state index in [0.29, 0.717) is 5.82 Å². The van der Waals surface area contributed by atoms with E-state index >= 15 is 0 Å². The van der Waals surface area contributed by atoms with Crippen LogP contribution in [0.25, 0.3) is 0 Å². The standard InChI is InChI=1S/C6H10IN3/c1-2-3-10-5(7)4-6(8)9-10/h4H,2-3H2,1H3,(H2,8,9). The van der Waals surface area contributed by atoms with E-state index in [1.807, 2.05) is 10.7 Å². The van der Waals surface area contributed by atoms with Gasteiger partial charge in [0.25, 0.3) is 0 Å². The first kappa shape index (κ1) is 7.84. The third-order valence-corrected chi connectivity index (χ3v) is 2.05. The topological polar surface area (TPSA) is 43.8 Å². The van der Waals surface area contributed by atoms with Gasteiger partial charge < -0.3 is 5.73 Å². The Hall–Kier alpha value is -0.260. The maximum atomic E-state index is 5.47. The average Bonchev–Trinajstić information content (AvgIpc) is 2.13. The zero-order valence-electron chi connectivity index (χ0n) is 5.84. The first-order valence-electron chi connectivity index (χ1n) is 3.23. The molecule has 0 spiro atoms. The number of hydrogen-bond donors (Lipinski definition) is 1. The highest BCUT2D eigenvalue weighted by atomic mass is 127. The van der Waals surface area contributed by atoms with Crippen LogP contribution in [0.15, 0.2) is 6.07 Å². The maximum Gasteiger partial charge on any atom is 0.146 e. The lowest BCUT2D eigenvalue weighted by atomic mass is 10.5. The minimum Gasteiger partial charge on any atom is -0.382 e. The third-order valence-electron chi connectivity index (χ3n) is 1.19. The Morgan fingerprint density at radius 2 is 2.50 bits per heavy atom. The quantitative estimate of drug-likeness (QED) is 0.809. The Labute approximate surface area is 73.7 Å². The minimum atomic E-state index is 0.609. The third kappa shape index (κ3) is 1.62. The summed E-state index contributed by atoms with van der Waals surface area (Å²) in [6.07, 6.45) is 1.09. The molecule has 0 aliphatic carbocycles. The number of aryl methyl sites for hydroxylation is 1. The van der Waals surface area contributed by atoms with E-state index in [1.54, 1.807) is 0 Å². The predicted octanol–water partition coefficient (Wildman–Crippen LogP) is 1.48. The number of aromatic nitrogens is 2. The normalized spacial score (nSPS) is 10.2. The number of rotatable bonds is 2. The maximum absolute atomic E-state index is 5.47. The van der Waals surface area contributed by atoms with Crippen LogP contribution < -0.4 is 5.73 Å². The molecule has 1 aromatic rings. The van der Waals surface area contributed by atoms with Gasteiger partial charge >= 0.3 is 0 Å². The Morgan fingerprint density at radius 1 is 1.80 bits per heavy atom. The second kappa shape index (κ2) is 3.23. The zero-order chi connectivity index (χ0) is 7.56. The van der Waals surface area contributed by atoms with Crippen molar-refractivity contribution in [2.24, 2.45) is 0 Å². The van der Waals surface area contributed by atoms with Crippen molar-refractivity contribution in [2.45, 2.75) is 19.9 Å². The smallest absolute Gasteiger partial charge is 0.146 e. The van der Waals surface area contributed by atoms with Gasteiger partial charge in [0.1, 0.15) is 9.52 Å². The molecule has 0 bridgehead atoms. The van der Waals surface area contributed by atoms with Crippen LogP contribution in [0.4, 0.5) is 5.82 Å². The Bertz CT molecular complexity index is 219. The highest BCUT2D eigenvalue weighted by Crippen LogP contribution is 2.08. The molecule has 0 amide bonds. The molecule has 3 nitrogen and oxygen atoms in total. The van der Waals surface area contributed by atoms with Gasteiger partial charge in [-0.05, 0) is 29.0 Å². The SMILES string of the molecule is CCCn1nc(N)cc1I. The summed E-state index contributed by atoms with van der Waals surface area (Å²) in [6.45, 7) is 3.07. The van der Waals surface area contributed by atoms with E-state index in [9.17, 15) is 0 Å². The van der Waals surface area contributed by atoms with Crippen LogP contribution in [-0.4, -0.2) is 9.78 Å². The lowest BCUT2D eigenvalue weighted by Crippen LogP contribution is -2.01. The second-order valence-corrected chi connectivity index (χ2v) is 3.22. The Kier molecular flexibility index (Phi) is 2.53. The fourth-order valence-electron chi connectivity index (χ4n) is 0.781. The molecular formula is C6H10IN3. The molecule has 1 heterocycles. The summed E-state index contributed by atoms with van der Waals surface area (Å²) < 4.78 is 3.02. The molecule has 0 fully saturated rings. The van der Waals surface area contributed by atoms with Gasteiger partial charge in [-0.15, -0.1) is 0 Å². The second-order valence-electron chi connectivity index (χ2n) is 2.12. The lowest BCUT2D eigenvalue weighted by molar-refractivity contribution is 0.592. The summed E-state index contributed by atoms with van der Waals surface area (Å²) in [5.74, 6) is 0.609. The number of nitrogens with two attached hydrogens (primary N) is 1. The van der Waals surface area contributed by atoms with E-state index < -0.39 is 0 Å². The van der Waals surface area contributed by atoms with Crippen molar-refractivity contribution in [3.8, 4) is 0 Å². The summed E-state index contributed by atoms with van der Waals surface area (Å²) in [4.78, 5) is 0. The van der Waals surface area contributed by atoms with Gasteiger partial charge in [-0.25, -0.2) is 0 Å². The van der Waals surface area contributed by atoms with Gasteiger partial charge in [0.15, 0.2) is 0 Å². The molecule has 0 atom stereocenters. The van der Waals surface area contributed by atoms with Gasteiger partial charge in [0, 0.05) is 12.6 Å². The molecular weight excluding hydrogens is 241 g/mol. The molecule has 0 saturated heterocycles. The minimum absolute atomic E-state index is 0.609. The summed E-state index contributed by atoms with van der Waals surface area (Å²) in [5.41, 5.74) is 5.47. The van der Waals surface area contributed by atoms with Crippen molar-refractivity contribution >= 4 is 28.4 Å². The van der Waals surface area contributed by atoms with Gasteiger partial charge in [-0.2, -0.15) is 5.10 Å². The lowest BCUT2D eigenvalue weighted by Gasteiger charge is -1.97. The summed E-state index contributed by atoms with van der Waals surface area (Å²) in [7, 11) is 0. The zero-order valence-corrected chi connectivity index (χ0v) is 8.00. The predicted molar refractivity (Wildman–Crippen MR) is 49.6 cm³/mol. The van der Waals surface area contributed by atoms with E-state index in [2.05, 4.69) is 34.6 Å². The van der Waals surface area contributed by atoms with Crippen molar-refractivity contribution in [1.29, 1.82) is 0 Å². The highest BCUT2D eigenvalue weighted by molar-refractivity contribution is 14.1. The Morgan fingerprint density at radius 3 is 2.90 bits per heavy atom. The molecule has 1 rings (SSSR count). The van der Waals surface area contributed by atoms with Gasteiger partial charge in [-0.3, -0.25) is 4.68 Å². The number of nitrogen functional groups attached to an aromatic ring is 1. The molecule has 10 heavy (non-hydrogen) atoms. The molecule has 0 aliphatic heterocycles. The molecule has 2 N–H and O–H groups in total. The number of nitrogens with zero attached hydrogens (tertiary/aromatic N) is 2.